The second-order valence-corrected chi connectivity index (χ2v) is 5.20. The fourth-order valence-corrected chi connectivity index (χ4v) is 2.73. The lowest BCUT2D eigenvalue weighted by Gasteiger charge is -2.08. The van der Waals surface area contributed by atoms with Crippen LogP contribution < -0.4 is 11.4 Å². The van der Waals surface area contributed by atoms with E-state index in [1.165, 1.54) is 16.7 Å². The van der Waals surface area contributed by atoms with E-state index in [-0.39, 0.29) is 17.1 Å². The highest BCUT2D eigenvalue weighted by Gasteiger charge is 2.14. The molecular weight excluding hydrogens is 297 g/mol. The SMILES string of the molecule is CCCn1c(Sc2ccc(F)cc2C(N)=NO)n[nH]c1=O. The van der Waals surface area contributed by atoms with Gasteiger partial charge in [0.15, 0.2) is 11.0 Å². The number of nitrogens with one attached hydrogen (secondary N) is 1. The molecule has 0 aliphatic heterocycles. The van der Waals surface area contributed by atoms with Crippen LogP contribution >= 0.6 is 11.8 Å². The third-order valence-electron chi connectivity index (χ3n) is 2.70. The van der Waals surface area contributed by atoms with E-state index in [1.807, 2.05) is 6.92 Å². The summed E-state index contributed by atoms with van der Waals surface area (Å²) < 4.78 is 14.8. The molecule has 0 atom stereocenters. The van der Waals surface area contributed by atoms with Crippen molar-refractivity contribution in [3.8, 4) is 0 Å². The first kappa shape index (κ1) is 15.1. The quantitative estimate of drug-likeness (QED) is 0.334. The molecule has 1 heterocycles. The Morgan fingerprint density at radius 3 is 3.05 bits per heavy atom. The van der Waals surface area contributed by atoms with Crippen molar-refractivity contribution in [2.45, 2.75) is 29.9 Å². The van der Waals surface area contributed by atoms with E-state index in [0.717, 1.165) is 24.2 Å². The Morgan fingerprint density at radius 2 is 2.38 bits per heavy atom. The largest absolute Gasteiger partial charge is 0.409 e. The van der Waals surface area contributed by atoms with Crippen LogP contribution in [0, 0.1) is 5.82 Å². The molecule has 7 nitrogen and oxygen atoms in total. The van der Waals surface area contributed by atoms with Crippen molar-refractivity contribution in [3.63, 3.8) is 0 Å². The smallest absolute Gasteiger partial charge is 0.343 e. The summed E-state index contributed by atoms with van der Waals surface area (Å²) in [5.41, 5.74) is 5.47. The number of nitrogens with two attached hydrogens (primary N) is 1. The van der Waals surface area contributed by atoms with E-state index >= 15 is 0 Å². The van der Waals surface area contributed by atoms with Gasteiger partial charge in [0.25, 0.3) is 0 Å². The predicted octanol–water partition coefficient (Wildman–Crippen LogP) is 1.37. The fourth-order valence-electron chi connectivity index (χ4n) is 1.75. The lowest BCUT2D eigenvalue weighted by atomic mass is 10.2. The van der Waals surface area contributed by atoms with Gasteiger partial charge in [-0.3, -0.25) is 4.57 Å². The zero-order chi connectivity index (χ0) is 15.4. The zero-order valence-electron chi connectivity index (χ0n) is 11.2. The van der Waals surface area contributed by atoms with Crippen molar-refractivity contribution in [1.82, 2.24) is 14.8 Å². The van der Waals surface area contributed by atoms with Crippen molar-refractivity contribution in [1.29, 1.82) is 0 Å². The molecule has 0 fully saturated rings. The Hall–Kier alpha value is -2.29. The standard InChI is InChI=1S/C12H14FN5O2S/c1-2-5-18-11(19)15-16-12(18)21-9-4-3-7(13)6-8(9)10(14)17-20/h3-4,6,20H,2,5H2,1H3,(H2,14,17)(H,15,19). The predicted molar refractivity (Wildman–Crippen MR) is 76.2 cm³/mol. The molecule has 2 rings (SSSR count). The third-order valence-corrected chi connectivity index (χ3v) is 3.77. The number of halogens is 1. The van der Waals surface area contributed by atoms with Crippen molar-refractivity contribution in [2.24, 2.45) is 10.9 Å². The van der Waals surface area contributed by atoms with Gasteiger partial charge in [0, 0.05) is 17.0 Å². The molecule has 4 N–H and O–H groups in total. The van der Waals surface area contributed by atoms with Gasteiger partial charge in [0.1, 0.15) is 5.82 Å². The summed E-state index contributed by atoms with van der Waals surface area (Å²) in [6.45, 7) is 2.45. The number of H-pyrrole nitrogens is 1. The molecule has 0 aliphatic carbocycles. The Morgan fingerprint density at radius 1 is 1.62 bits per heavy atom. The minimum absolute atomic E-state index is 0.211. The van der Waals surface area contributed by atoms with E-state index in [4.69, 9.17) is 10.9 Å². The summed E-state index contributed by atoms with van der Waals surface area (Å²) >= 11 is 1.14. The highest BCUT2D eigenvalue weighted by Crippen LogP contribution is 2.29. The summed E-state index contributed by atoms with van der Waals surface area (Å²) in [4.78, 5) is 12.2. The van der Waals surface area contributed by atoms with Crippen molar-refractivity contribution < 1.29 is 9.60 Å². The average molecular weight is 311 g/mol. The maximum atomic E-state index is 13.3. The monoisotopic (exact) mass is 311 g/mol. The molecule has 0 bridgehead atoms. The van der Waals surface area contributed by atoms with Crippen molar-refractivity contribution in [3.05, 3.63) is 40.1 Å². The summed E-state index contributed by atoms with van der Waals surface area (Å²) in [6.07, 6.45) is 0.767. The summed E-state index contributed by atoms with van der Waals surface area (Å²) in [7, 11) is 0. The Bertz CT molecular complexity index is 725. The summed E-state index contributed by atoms with van der Waals surface area (Å²) in [5.74, 6) is -0.717. The van der Waals surface area contributed by atoms with Crippen molar-refractivity contribution >= 4 is 17.6 Å². The number of nitrogens with zero attached hydrogens (tertiary/aromatic N) is 3. The Balaban J connectivity index is 2.43. The first-order valence-corrected chi connectivity index (χ1v) is 6.99. The number of oxime groups is 1. The molecule has 0 saturated heterocycles. The number of benzene rings is 1. The van der Waals surface area contributed by atoms with Gasteiger partial charge in [0.05, 0.1) is 0 Å². The molecule has 0 spiro atoms. The molecule has 0 aliphatic rings. The van der Waals surface area contributed by atoms with E-state index in [1.54, 1.807) is 0 Å². The van der Waals surface area contributed by atoms with E-state index in [2.05, 4.69) is 15.4 Å². The van der Waals surface area contributed by atoms with Crippen LogP contribution in [0.15, 0.2) is 38.2 Å². The molecule has 9 heteroatoms. The molecule has 21 heavy (non-hydrogen) atoms. The Labute approximate surface area is 123 Å². The maximum Gasteiger partial charge on any atom is 0.343 e. The number of aromatic nitrogens is 3. The van der Waals surface area contributed by atoms with Crippen LogP contribution in [0.25, 0.3) is 0 Å². The number of hydrogen-bond acceptors (Lipinski definition) is 5. The molecule has 1 aromatic carbocycles. The topological polar surface area (TPSA) is 109 Å². The van der Waals surface area contributed by atoms with Gasteiger partial charge in [-0.2, -0.15) is 0 Å². The maximum absolute atomic E-state index is 13.3. The minimum atomic E-state index is -0.506. The van der Waals surface area contributed by atoms with Gasteiger partial charge in [0.2, 0.25) is 0 Å². The number of amidine groups is 1. The zero-order valence-corrected chi connectivity index (χ0v) is 12.0. The van der Waals surface area contributed by atoms with Crippen LogP contribution in [0.3, 0.4) is 0 Å². The van der Waals surface area contributed by atoms with Crippen LogP contribution in [-0.2, 0) is 6.54 Å². The van der Waals surface area contributed by atoms with Gasteiger partial charge in [-0.05, 0) is 36.4 Å². The van der Waals surface area contributed by atoms with E-state index in [9.17, 15) is 9.18 Å². The van der Waals surface area contributed by atoms with Gasteiger partial charge in [-0.25, -0.2) is 14.3 Å². The molecule has 0 unspecified atom stereocenters. The van der Waals surface area contributed by atoms with Gasteiger partial charge in [-0.1, -0.05) is 12.1 Å². The van der Waals surface area contributed by atoms with E-state index < -0.39 is 5.82 Å². The Kier molecular flexibility index (Phi) is 4.63. The van der Waals surface area contributed by atoms with Crippen LogP contribution in [0.1, 0.15) is 18.9 Å². The molecule has 1 aromatic heterocycles. The van der Waals surface area contributed by atoms with Gasteiger partial charge in [-0.15, -0.1) is 5.10 Å². The van der Waals surface area contributed by atoms with Gasteiger partial charge < -0.3 is 10.9 Å². The normalized spacial score (nSPS) is 11.8. The highest BCUT2D eigenvalue weighted by molar-refractivity contribution is 7.99. The molecule has 2 aromatic rings. The summed E-state index contributed by atoms with van der Waals surface area (Å²) in [5, 5.41) is 18.4. The first-order valence-electron chi connectivity index (χ1n) is 6.17. The van der Waals surface area contributed by atoms with Crippen LogP contribution in [0.5, 0.6) is 0 Å². The minimum Gasteiger partial charge on any atom is -0.409 e. The lowest BCUT2D eigenvalue weighted by Crippen LogP contribution is -2.17. The number of hydrogen-bond donors (Lipinski definition) is 3. The lowest BCUT2D eigenvalue weighted by molar-refractivity contribution is 0.318. The summed E-state index contributed by atoms with van der Waals surface area (Å²) in [6, 6.07) is 3.90. The second-order valence-electron chi connectivity index (χ2n) is 4.19. The van der Waals surface area contributed by atoms with Gasteiger partial charge >= 0.3 is 5.69 Å². The van der Waals surface area contributed by atoms with Crippen LogP contribution in [0.4, 0.5) is 4.39 Å². The highest BCUT2D eigenvalue weighted by atomic mass is 32.2. The molecule has 0 amide bonds. The van der Waals surface area contributed by atoms with Crippen molar-refractivity contribution in [2.75, 3.05) is 0 Å². The van der Waals surface area contributed by atoms with Crippen LogP contribution in [0.2, 0.25) is 0 Å². The van der Waals surface area contributed by atoms with E-state index in [0.29, 0.717) is 16.6 Å². The molecule has 112 valence electrons. The molecule has 0 radical (unpaired) electrons. The number of rotatable bonds is 5. The number of aromatic amines is 1. The third kappa shape index (κ3) is 3.24. The fraction of sp³-hybridized carbons (Fsp3) is 0.250. The average Bonchev–Trinajstić information content (AvgIpc) is 2.81. The second kappa shape index (κ2) is 6.44. The molecular formula is C12H14FN5O2S. The van der Waals surface area contributed by atoms with Crippen LogP contribution in [-0.4, -0.2) is 25.8 Å². The molecule has 0 saturated carbocycles. The first-order chi connectivity index (χ1) is 10.1.